The lowest BCUT2D eigenvalue weighted by atomic mass is 9.92. The summed E-state index contributed by atoms with van der Waals surface area (Å²) < 4.78 is 5.53. The number of nitrogen functional groups attached to an aromatic ring is 1. The number of aromatic nitrogens is 2. The van der Waals surface area contributed by atoms with Gasteiger partial charge in [0.2, 0.25) is 0 Å². The Hall–Kier alpha value is -2.38. The van der Waals surface area contributed by atoms with Crippen molar-refractivity contribution in [3.05, 3.63) is 53.0 Å². The molecule has 21 heavy (non-hydrogen) atoms. The number of nitrogens with two attached hydrogens (primary N) is 1. The fourth-order valence-electron chi connectivity index (χ4n) is 2.58. The van der Waals surface area contributed by atoms with E-state index < -0.39 is 0 Å². The van der Waals surface area contributed by atoms with Crippen LogP contribution in [-0.2, 0) is 11.2 Å². The molecule has 0 fully saturated rings. The molecule has 1 unspecified atom stereocenters. The van der Waals surface area contributed by atoms with Crippen molar-refractivity contribution in [3.63, 3.8) is 0 Å². The SMILES string of the molecule is COC1CCCc2ncc(C#Cc3cccc(N)n3)cc21. The molecule has 0 aliphatic heterocycles. The Kier molecular flexibility index (Phi) is 3.85. The number of aryl methyl sites for hydroxylation is 1. The molecular weight excluding hydrogens is 262 g/mol. The number of pyridine rings is 2. The van der Waals surface area contributed by atoms with Gasteiger partial charge in [0.05, 0.1) is 6.10 Å². The first kappa shape index (κ1) is 13.6. The molecule has 2 heterocycles. The van der Waals surface area contributed by atoms with Crippen LogP contribution < -0.4 is 5.73 Å². The van der Waals surface area contributed by atoms with E-state index in [1.807, 2.05) is 18.3 Å². The predicted molar refractivity (Wildman–Crippen MR) is 81.6 cm³/mol. The molecule has 1 aliphatic rings. The van der Waals surface area contributed by atoms with Gasteiger partial charge in [-0.05, 0) is 43.4 Å². The smallest absolute Gasteiger partial charge is 0.124 e. The minimum absolute atomic E-state index is 0.133. The van der Waals surface area contributed by atoms with E-state index in [1.165, 1.54) is 0 Å². The number of nitrogens with zero attached hydrogens (tertiary/aromatic N) is 2. The minimum atomic E-state index is 0.133. The Morgan fingerprint density at radius 3 is 3.05 bits per heavy atom. The van der Waals surface area contributed by atoms with Crippen molar-refractivity contribution in [2.45, 2.75) is 25.4 Å². The van der Waals surface area contributed by atoms with E-state index in [-0.39, 0.29) is 6.10 Å². The molecule has 0 saturated heterocycles. The van der Waals surface area contributed by atoms with Gasteiger partial charge in [-0.25, -0.2) is 4.98 Å². The Bertz CT molecular complexity index is 715. The maximum absolute atomic E-state index is 5.65. The van der Waals surface area contributed by atoms with Gasteiger partial charge in [-0.2, -0.15) is 0 Å². The highest BCUT2D eigenvalue weighted by Crippen LogP contribution is 2.31. The number of rotatable bonds is 1. The Morgan fingerprint density at radius 1 is 1.33 bits per heavy atom. The Labute approximate surface area is 124 Å². The monoisotopic (exact) mass is 279 g/mol. The van der Waals surface area contributed by atoms with Gasteiger partial charge in [-0.1, -0.05) is 12.0 Å². The molecule has 4 nitrogen and oxygen atoms in total. The molecule has 0 bridgehead atoms. The van der Waals surface area contributed by atoms with E-state index >= 15 is 0 Å². The van der Waals surface area contributed by atoms with Crippen molar-refractivity contribution in [2.75, 3.05) is 12.8 Å². The van der Waals surface area contributed by atoms with Gasteiger partial charge in [0.15, 0.2) is 0 Å². The van der Waals surface area contributed by atoms with Crippen molar-refractivity contribution in [3.8, 4) is 11.8 Å². The zero-order valence-electron chi connectivity index (χ0n) is 12.0. The van der Waals surface area contributed by atoms with Gasteiger partial charge in [0.1, 0.15) is 11.5 Å². The van der Waals surface area contributed by atoms with Crippen molar-refractivity contribution < 1.29 is 4.74 Å². The number of methoxy groups -OCH3 is 1. The molecule has 2 aromatic rings. The molecule has 2 N–H and O–H groups in total. The van der Waals surface area contributed by atoms with Gasteiger partial charge in [-0.15, -0.1) is 0 Å². The molecule has 4 heteroatoms. The zero-order chi connectivity index (χ0) is 14.7. The van der Waals surface area contributed by atoms with E-state index in [0.29, 0.717) is 11.5 Å². The topological polar surface area (TPSA) is 61.0 Å². The average molecular weight is 279 g/mol. The van der Waals surface area contributed by atoms with Crippen LogP contribution in [0.3, 0.4) is 0 Å². The molecule has 3 rings (SSSR count). The lowest BCUT2D eigenvalue weighted by Crippen LogP contribution is -2.13. The minimum Gasteiger partial charge on any atom is -0.384 e. The third-order valence-corrected chi connectivity index (χ3v) is 3.62. The summed E-state index contributed by atoms with van der Waals surface area (Å²) in [6.45, 7) is 0. The summed E-state index contributed by atoms with van der Waals surface area (Å²) in [6, 6.07) is 7.51. The van der Waals surface area contributed by atoms with E-state index in [2.05, 4.69) is 27.9 Å². The summed E-state index contributed by atoms with van der Waals surface area (Å²) in [5.74, 6) is 6.59. The summed E-state index contributed by atoms with van der Waals surface area (Å²) in [5, 5.41) is 0. The normalized spacial score (nSPS) is 16.7. The number of hydrogen-bond acceptors (Lipinski definition) is 4. The molecule has 0 aromatic carbocycles. The van der Waals surface area contributed by atoms with Crippen LogP contribution in [0.15, 0.2) is 30.5 Å². The van der Waals surface area contributed by atoms with E-state index in [4.69, 9.17) is 10.5 Å². The van der Waals surface area contributed by atoms with Crippen LogP contribution in [0.25, 0.3) is 0 Å². The number of ether oxygens (including phenoxy) is 1. The highest BCUT2D eigenvalue weighted by atomic mass is 16.5. The highest BCUT2D eigenvalue weighted by Gasteiger charge is 2.20. The van der Waals surface area contributed by atoms with E-state index in [9.17, 15) is 0 Å². The van der Waals surface area contributed by atoms with Crippen molar-refractivity contribution >= 4 is 5.82 Å². The summed E-state index contributed by atoms with van der Waals surface area (Å²) in [6.07, 6.45) is 5.12. The van der Waals surface area contributed by atoms with Gasteiger partial charge < -0.3 is 10.5 Å². The van der Waals surface area contributed by atoms with Gasteiger partial charge >= 0.3 is 0 Å². The van der Waals surface area contributed by atoms with Crippen LogP contribution >= 0.6 is 0 Å². The Morgan fingerprint density at radius 2 is 2.24 bits per heavy atom. The first-order valence-electron chi connectivity index (χ1n) is 7.02. The van der Waals surface area contributed by atoms with Crippen LogP contribution in [0, 0.1) is 11.8 Å². The largest absolute Gasteiger partial charge is 0.384 e. The molecule has 0 radical (unpaired) electrons. The predicted octanol–water partition coefficient (Wildman–Crippen LogP) is 2.48. The zero-order valence-corrected chi connectivity index (χ0v) is 12.0. The molecule has 0 amide bonds. The van der Waals surface area contributed by atoms with Crippen LogP contribution in [0.1, 0.15) is 41.5 Å². The molecule has 0 saturated carbocycles. The number of anilines is 1. The molecule has 106 valence electrons. The standard InChI is InChI=1S/C17H17N3O/c1-21-16-6-3-5-15-14(16)10-12(11-19-15)8-9-13-4-2-7-17(18)20-13/h2,4,7,10-11,16H,3,5-6H2,1H3,(H2,18,20). The van der Waals surface area contributed by atoms with Gasteiger partial charge in [-0.3, -0.25) is 4.98 Å². The second-order valence-electron chi connectivity index (χ2n) is 5.07. The molecule has 0 spiro atoms. The van der Waals surface area contributed by atoms with Gasteiger partial charge in [0.25, 0.3) is 0 Å². The fourth-order valence-corrected chi connectivity index (χ4v) is 2.58. The highest BCUT2D eigenvalue weighted by molar-refractivity contribution is 5.44. The van der Waals surface area contributed by atoms with Gasteiger partial charge in [0, 0.05) is 30.1 Å². The summed E-state index contributed by atoms with van der Waals surface area (Å²) in [4.78, 5) is 8.69. The third kappa shape index (κ3) is 3.04. The average Bonchev–Trinajstić information content (AvgIpc) is 2.52. The van der Waals surface area contributed by atoms with Crippen LogP contribution in [0.4, 0.5) is 5.82 Å². The molecule has 2 aromatic heterocycles. The molecular formula is C17H17N3O. The van der Waals surface area contributed by atoms with Crippen molar-refractivity contribution in [1.29, 1.82) is 0 Å². The summed E-state index contributed by atoms with van der Waals surface area (Å²) in [7, 11) is 1.74. The van der Waals surface area contributed by atoms with Crippen LogP contribution in [0.5, 0.6) is 0 Å². The first-order chi connectivity index (χ1) is 10.3. The quantitative estimate of drug-likeness (QED) is 0.815. The summed E-state index contributed by atoms with van der Waals surface area (Å²) >= 11 is 0. The molecule has 1 atom stereocenters. The fraction of sp³-hybridized carbons (Fsp3) is 0.294. The number of fused-ring (bicyclic) bond motifs is 1. The van der Waals surface area contributed by atoms with Crippen molar-refractivity contribution in [2.24, 2.45) is 0 Å². The summed E-state index contributed by atoms with van der Waals surface area (Å²) in [5.41, 5.74) is 9.48. The number of hydrogen-bond donors (Lipinski definition) is 1. The lowest BCUT2D eigenvalue weighted by molar-refractivity contribution is 0.0873. The first-order valence-corrected chi connectivity index (χ1v) is 7.02. The second kappa shape index (κ2) is 5.94. The van der Waals surface area contributed by atoms with E-state index in [1.54, 1.807) is 13.2 Å². The lowest BCUT2D eigenvalue weighted by Gasteiger charge is -2.23. The second-order valence-corrected chi connectivity index (χ2v) is 5.07. The molecule has 1 aliphatic carbocycles. The van der Waals surface area contributed by atoms with Crippen LogP contribution in [0.2, 0.25) is 0 Å². The third-order valence-electron chi connectivity index (χ3n) is 3.62. The van der Waals surface area contributed by atoms with E-state index in [0.717, 1.165) is 36.1 Å². The van der Waals surface area contributed by atoms with Crippen molar-refractivity contribution in [1.82, 2.24) is 9.97 Å². The Balaban J connectivity index is 1.91. The van der Waals surface area contributed by atoms with Crippen LogP contribution in [-0.4, -0.2) is 17.1 Å². The maximum Gasteiger partial charge on any atom is 0.124 e. The maximum atomic E-state index is 5.65.